The van der Waals surface area contributed by atoms with Gasteiger partial charge in [0.25, 0.3) is 0 Å². The summed E-state index contributed by atoms with van der Waals surface area (Å²) in [5.74, 6) is 0.867. The number of nitrogens with one attached hydrogen (secondary N) is 1. The van der Waals surface area contributed by atoms with Crippen LogP contribution in [-0.4, -0.2) is 9.55 Å². The highest BCUT2D eigenvalue weighted by atomic mass is 35.5. The van der Waals surface area contributed by atoms with Crippen LogP contribution in [-0.2, 0) is 6.54 Å². The van der Waals surface area contributed by atoms with Crippen molar-refractivity contribution in [3.63, 3.8) is 0 Å². The lowest BCUT2D eigenvalue weighted by molar-refractivity contribution is 0.686. The Labute approximate surface area is 106 Å². The molecule has 0 unspecified atom stereocenters. The molecule has 0 amide bonds. The minimum atomic E-state index is 0.723. The number of halogens is 1. The predicted octanol–water partition coefficient (Wildman–Crippen LogP) is 4.00. The standard InChI is InChI=1S/C13H16ClN3/c1-3-7-17-9-10(2)15-13(17)16-12-6-4-5-11(14)8-12/h4-6,8-9H,3,7H2,1-2H3,(H,15,16). The lowest BCUT2D eigenvalue weighted by Crippen LogP contribution is -2.02. The highest BCUT2D eigenvalue weighted by Crippen LogP contribution is 2.20. The smallest absolute Gasteiger partial charge is 0.207 e. The Hall–Kier alpha value is -1.48. The van der Waals surface area contributed by atoms with Gasteiger partial charge in [-0.3, -0.25) is 0 Å². The Bertz CT molecular complexity index is 505. The molecule has 0 atom stereocenters. The first kappa shape index (κ1) is 12.0. The van der Waals surface area contributed by atoms with Crippen molar-refractivity contribution in [3.8, 4) is 0 Å². The fourth-order valence-corrected chi connectivity index (χ4v) is 1.94. The molecule has 0 aliphatic carbocycles. The Morgan fingerprint density at radius 1 is 1.41 bits per heavy atom. The summed E-state index contributed by atoms with van der Waals surface area (Å²) in [6.45, 7) is 5.11. The highest BCUT2D eigenvalue weighted by molar-refractivity contribution is 6.30. The maximum absolute atomic E-state index is 5.95. The quantitative estimate of drug-likeness (QED) is 0.888. The maximum Gasteiger partial charge on any atom is 0.207 e. The van der Waals surface area contributed by atoms with Gasteiger partial charge >= 0.3 is 0 Å². The van der Waals surface area contributed by atoms with Crippen LogP contribution in [0.25, 0.3) is 0 Å². The van der Waals surface area contributed by atoms with Crippen LogP contribution in [0, 0.1) is 6.92 Å². The first-order valence-electron chi connectivity index (χ1n) is 5.75. The van der Waals surface area contributed by atoms with Crippen molar-refractivity contribution < 1.29 is 0 Å². The second kappa shape index (κ2) is 5.23. The molecule has 2 rings (SSSR count). The van der Waals surface area contributed by atoms with Gasteiger partial charge in [-0.25, -0.2) is 4.98 Å². The molecule has 0 bridgehead atoms. The van der Waals surface area contributed by atoms with Crippen molar-refractivity contribution in [2.24, 2.45) is 0 Å². The third kappa shape index (κ3) is 3.01. The largest absolute Gasteiger partial charge is 0.326 e. The van der Waals surface area contributed by atoms with Crippen LogP contribution in [0.4, 0.5) is 11.6 Å². The van der Waals surface area contributed by atoms with E-state index in [2.05, 4.69) is 28.0 Å². The van der Waals surface area contributed by atoms with Crippen molar-refractivity contribution in [1.82, 2.24) is 9.55 Å². The highest BCUT2D eigenvalue weighted by Gasteiger charge is 2.05. The first-order valence-corrected chi connectivity index (χ1v) is 6.13. The molecule has 1 aromatic carbocycles. The van der Waals surface area contributed by atoms with Gasteiger partial charge in [-0.05, 0) is 31.5 Å². The van der Waals surface area contributed by atoms with E-state index in [9.17, 15) is 0 Å². The van der Waals surface area contributed by atoms with Gasteiger partial charge in [-0.2, -0.15) is 0 Å². The van der Waals surface area contributed by atoms with Gasteiger partial charge in [0.05, 0.1) is 5.69 Å². The number of aryl methyl sites for hydroxylation is 2. The van der Waals surface area contributed by atoms with Gasteiger partial charge in [0, 0.05) is 23.5 Å². The normalized spacial score (nSPS) is 10.5. The topological polar surface area (TPSA) is 29.9 Å². The molecule has 0 radical (unpaired) electrons. The second-order valence-electron chi connectivity index (χ2n) is 4.03. The number of aromatic nitrogens is 2. The molecular formula is C13H16ClN3. The Morgan fingerprint density at radius 2 is 2.24 bits per heavy atom. The van der Waals surface area contributed by atoms with Crippen LogP contribution >= 0.6 is 11.6 Å². The summed E-state index contributed by atoms with van der Waals surface area (Å²) >= 11 is 5.95. The van der Waals surface area contributed by atoms with E-state index in [1.807, 2.05) is 31.2 Å². The van der Waals surface area contributed by atoms with E-state index >= 15 is 0 Å². The number of hydrogen-bond acceptors (Lipinski definition) is 2. The maximum atomic E-state index is 5.95. The molecule has 90 valence electrons. The van der Waals surface area contributed by atoms with E-state index in [1.54, 1.807) is 0 Å². The minimum absolute atomic E-state index is 0.723. The van der Waals surface area contributed by atoms with Crippen molar-refractivity contribution in [3.05, 3.63) is 41.2 Å². The first-order chi connectivity index (χ1) is 8.19. The molecule has 0 aliphatic rings. The molecule has 1 N–H and O–H groups in total. The Morgan fingerprint density at radius 3 is 2.94 bits per heavy atom. The van der Waals surface area contributed by atoms with Gasteiger partial charge in [-0.15, -0.1) is 0 Å². The summed E-state index contributed by atoms with van der Waals surface area (Å²) in [6, 6.07) is 7.65. The molecule has 3 nitrogen and oxygen atoms in total. The van der Waals surface area contributed by atoms with E-state index < -0.39 is 0 Å². The van der Waals surface area contributed by atoms with Crippen LogP contribution in [0.2, 0.25) is 5.02 Å². The average molecular weight is 250 g/mol. The molecule has 0 spiro atoms. The van der Waals surface area contributed by atoms with E-state index in [4.69, 9.17) is 11.6 Å². The molecule has 0 saturated heterocycles. The van der Waals surface area contributed by atoms with Gasteiger partial charge < -0.3 is 9.88 Å². The fourth-order valence-electron chi connectivity index (χ4n) is 1.75. The molecule has 0 aliphatic heterocycles. The summed E-state index contributed by atoms with van der Waals surface area (Å²) in [5.41, 5.74) is 1.98. The Kier molecular flexibility index (Phi) is 3.69. The lowest BCUT2D eigenvalue weighted by Gasteiger charge is -2.08. The summed E-state index contributed by atoms with van der Waals surface area (Å²) in [6.07, 6.45) is 3.14. The number of benzene rings is 1. The summed E-state index contributed by atoms with van der Waals surface area (Å²) < 4.78 is 2.12. The molecule has 17 heavy (non-hydrogen) atoms. The third-order valence-corrected chi connectivity index (χ3v) is 2.68. The van der Waals surface area contributed by atoms with Crippen molar-refractivity contribution in [1.29, 1.82) is 0 Å². The number of nitrogens with zero attached hydrogens (tertiary/aromatic N) is 2. The van der Waals surface area contributed by atoms with Crippen LogP contribution in [0.3, 0.4) is 0 Å². The van der Waals surface area contributed by atoms with Crippen LogP contribution in [0.1, 0.15) is 19.0 Å². The van der Waals surface area contributed by atoms with Crippen molar-refractivity contribution in [2.75, 3.05) is 5.32 Å². The SMILES string of the molecule is CCCn1cc(C)nc1Nc1cccc(Cl)c1. The monoisotopic (exact) mass is 249 g/mol. The number of hydrogen-bond donors (Lipinski definition) is 1. The summed E-state index contributed by atoms with van der Waals surface area (Å²) in [4.78, 5) is 4.46. The lowest BCUT2D eigenvalue weighted by atomic mass is 10.3. The molecule has 0 saturated carbocycles. The third-order valence-electron chi connectivity index (χ3n) is 2.44. The van der Waals surface area contributed by atoms with E-state index in [0.717, 1.165) is 35.3 Å². The Balaban J connectivity index is 2.23. The molecule has 1 aromatic heterocycles. The van der Waals surface area contributed by atoms with Crippen molar-refractivity contribution in [2.45, 2.75) is 26.8 Å². The zero-order valence-corrected chi connectivity index (χ0v) is 10.8. The molecule has 2 aromatic rings. The van der Waals surface area contributed by atoms with Crippen LogP contribution in [0.15, 0.2) is 30.5 Å². The van der Waals surface area contributed by atoms with Gasteiger partial charge in [0.15, 0.2) is 0 Å². The van der Waals surface area contributed by atoms with E-state index in [1.165, 1.54) is 0 Å². The van der Waals surface area contributed by atoms with Gasteiger partial charge in [0.1, 0.15) is 0 Å². The number of rotatable bonds is 4. The van der Waals surface area contributed by atoms with Crippen LogP contribution < -0.4 is 5.32 Å². The second-order valence-corrected chi connectivity index (χ2v) is 4.47. The molecular weight excluding hydrogens is 234 g/mol. The van der Waals surface area contributed by atoms with Crippen molar-refractivity contribution >= 4 is 23.2 Å². The van der Waals surface area contributed by atoms with Gasteiger partial charge in [-0.1, -0.05) is 24.6 Å². The number of anilines is 2. The molecule has 4 heteroatoms. The molecule has 1 heterocycles. The summed E-state index contributed by atoms with van der Waals surface area (Å²) in [5, 5.41) is 4.01. The van der Waals surface area contributed by atoms with E-state index in [-0.39, 0.29) is 0 Å². The minimum Gasteiger partial charge on any atom is -0.326 e. The average Bonchev–Trinajstić information content (AvgIpc) is 2.59. The fraction of sp³-hybridized carbons (Fsp3) is 0.308. The predicted molar refractivity (Wildman–Crippen MR) is 72.0 cm³/mol. The zero-order valence-electron chi connectivity index (χ0n) is 10.1. The zero-order chi connectivity index (χ0) is 12.3. The summed E-state index contributed by atoms with van der Waals surface area (Å²) in [7, 11) is 0. The molecule has 0 fully saturated rings. The van der Waals surface area contributed by atoms with Gasteiger partial charge in [0.2, 0.25) is 5.95 Å². The number of imidazole rings is 1. The van der Waals surface area contributed by atoms with Crippen LogP contribution in [0.5, 0.6) is 0 Å². The van der Waals surface area contributed by atoms with E-state index in [0.29, 0.717) is 0 Å².